The molecule has 0 nitrogen and oxygen atoms in total. The molecule has 0 aromatic heterocycles. The van der Waals surface area contributed by atoms with Crippen LogP contribution in [0.2, 0.25) is 0 Å². The van der Waals surface area contributed by atoms with Crippen LogP contribution in [0, 0.1) is 13.0 Å². The van der Waals surface area contributed by atoms with Crippen LogP contribution >= 0.6 is 0 Å². The van der Waals surface area contributed by atoms with E-state index in [1.807, 2.05) is 0 Å². The van der Waals surface area contributed by atoms with Crippen LogP contribution in [0.15, 0.2) is 12.1 Å². The Morgan fingerprint density at radius 2 is 1.53 bits per heavy atom. The molecule has 0 saturated carbocycles. The number of rotatable bonds is 0. The molecule has 0 atom stereocenters. The van der Waals surface area contributed by atoms with Crippen LogP contribution in [0.5, 0.6) is 0 Å². The molecule has 1 radical (unpaired) electrons. The molecule has 0 fully saturated rings. The molecule has 0 spiro atoms. The normalized spacial score (nSPS) is 13.0. The van der Waals surface area contributed by atoms with Crippen molar-refractivity contribution in [2.75, 3.05) is 0 Å². The summed E-state index contributed by atoms with van der Waals surface area (Å²) in [6.45, 7) is 0.780. The zero-order valence-electron chi connectivity index (χ0n) is 7.42. The molecule has 15 heavy (non-hydrogen) atoms. The highest BCUT2D eigenvalue weighted by Gasteiger charge is 2.38. The lowest BCUT2D eigenvalue weighted by Crippen LogP contribution is -2.14. The molecule has 0 aliphatic heterocycles. The SMILES string of the molecule is Cc1c(C(F)(F)F)[c]ccc1C(F)(F)F. The largest absolute Gasteiger partial charge is 0.417 e. The van der Waals surface area contributed by atoms with E-state index in [1.54, 1.807) is 6.07 Å². The molecule has 0 unspecified atom stereocenters. The molecular formula is C9H5F6. The van der Waals surface area contributed by atoms with Gasteiger partial charge in [0.1, 0.15) is 0 Å². The fourth-order valence-electron chi connectivity index (χ4n) is 1.18. The summed E-state index contributed by atoms with van der Waals surface area (Å²) in [6.07, 6.45) is -9.59. The van der Waals surface area contributed by atoms with Crippen molar-refractivity contribution in [2.45, 2.75) is 19.3 Å². The Bertz CT molecular complexity index is 328. The maximum absolute atomic E-state index is 12.2. The van der Waals surface area contributed by atoms with Crippen LogP contribution in [-0.4, -0.2) is 0 Å². The van der Waals surface area contributed by atoms with E-state index < -0.39 is 29.0 Å². The standard InChI is InChI=1S/C9H5F6/c1-5-6(8(10,11)12)3-2-4-7(5)9(13,14)15/h2-3H,1H3. The van der Waals surface area contributed by atoms with Crippen molar-refractivity contribution in [3.05, 3.63) is 34.9 Å². The Hall–Kier alpha value is -1.20. The number of hydrogen-bond donors (Lipinski definition) is 0. The van der Waals surface area contributed by atoms with Crippen LogP contribution in [0.4, 0.5) is 26.3 Å². The van der Waals surface area contributed by atoms with Gasteiger partial charge in [-0.2, -0.15) is 26.3 Å². The van der Waals surface area contributed by atoms with E-state index in [2.05, 4.69) is 0 Å². The summed E-state index contributed by atoms with van der Waals surface area (Å²) >= 11 is 0. The van der Waals surface area contributed by atoms with Crippen molar-refractivity contribution in [1.82, 2.24) is 0 Å². The van der Waals surface area contributed by atoms with E-state index in [-0.39, 0.29) is 0 Å². The Labute approximate surface area is 81.5 Å². The van der Waals surface area contributed by atoms with Gasteiger partial charge in [-0.05, 0) is 24.6 Å². The van der Waals surface area contributed by atoms with Gasteiger partial charge in [-0.15, -0.1) is 0 Å². The van der Waals surface area contributed by atoms with E-state index >= 15 is 0 Å². The van der Waals surface area contributed by atoms with Crippen molar-refractivity contribution in [2.24, 2.45) is 0 Å². The lowest BCUT2D eigenvalue weighted by atomic mass is 10.0. The monoisotopic (exact) mass is 227 g/mol. The summed E-state index contributed by atoms with van der Waals surface area (Å²) in [5.41, 5.74) is -3.51. The van der Waals surface area contributed by atoms with Gasteiger partial charge in [0, 0.05) is 0 Å². The number of benzene rings is 1. The van der Waals surface area contributed by atoms with Crippen molar-refractivity contribution in [1.29, 1.82) is 0 Å². The third-order valence-electron chi connectivity index (χ3n) is 1.85. The second-order valence-corrected chi connectivity index (χ2v) is 2.89. The molecule has 1 aromatic rings. The molecular weight excluding hydrogens is 222 g/mol. The minimum atomic E-state index is -4.81. The van der Waals surface area contributed by atoms with Gasteiger partial charge in [-0.1, -0.05) is 6.07 Å². The van der Waals surface area contributed by atoms with Gasteiger partial charge in [0.25, 0.3) is 0 Å². The van der Waals surface area contributed by atoms with Gasteiger partial charge >= 0.3 is 12.4 Å². The first-order valence-corrected chi connectivity index (χ1v) is 3.79. The summed E-state index contributed by atoms with van der Waals surface area (Å²) in [6, 6.07) is 2.96. The number of hydrogen-bond acceptors (Lipinski definition) is 0. The highest BCUT2D eigenvalue weighted by molar-refractivity contribution is 5.36. The summed E-state index contributed by atoms with van der Waals surface area (Å²) in [4.78, 5) is 0. The van der Waals surface area contributed by atoms with Crippen LogP contribution < -0.4 is 0 Å². The van der Waals surface area contributed by atoms with E-state index in [4.69, 9.17) is 0 Å². The zero-order valence-corrected chi connectivity index (χ0v) is 7.42. The lowest BCUT2D eigenvalue weighted by molar-refractivity contribution is -0.144. The summed E-state index contributed by atoms with van der Waals surface area (Å²) in [5.74, 6) is 0. The molecule has 0 heterocycles. The maximum atomic E-state index is 12.2. The minimum Gasteiger partial charge on any atom is -0.166 e. The van der Waals surface area contributed by atoms with Gasteiger partial charge in [0.2, 0.25) is 0 Å². The molecule has 1 rings (SSSR count). The van der Waals surface area contributed by atoms with E-state index in [0.29, 0.717) is 12.1 Å². The van der Waals surface area contributed by atoms with Crippen molar-refractivity contribution in [3.63, 3.8) is 0 Å². The van der Waals surface area contributed by atoms with Gasteiger partial charge < -0.3 is 0 Å². The summed E-state index contributed by atoms with van der Waals surface area (Å²) in [7, 11) is 0. The lowest BCUT2D eigenvalue weighted by Gasteiger charge is -2.15. The zero-order chi connectivity index (χ0) is 11.9. The summed E-state index contributed by atoms with van der Waals surface area (Å²) < 4.78 is 73.4. The van der Waals surface area contributed by atoms with Crippen molar-refractivity contribution < 1.29 is 26.3 Å². The smallest absolute Gasteiger partial charge is 0.166 e. The quantitative estimate of drug-likeness (QED) is 0.591. The third-order valence-corrected chi connectivity index (χ3v) is 1.85. The fourth-order valence-corrected chi connectivity index (χ4v) is 1.18. The van der Waals surface area contributed by atoms with Crippen LogP contribution in [-0.2, 0) is 12.4 Å². The first-order valence-electron chi connectivity index (χ1n) is 3.79. The highest BCUT2D eigenvalue weighted by atomic mass is 19.4. The molecule has 0 aliphatic carbocycles. The second kappa shape index (κ2) is 3.43. The predicted octanol–water partition coefficient (Wildman–Crippen LogP) is 3.83. The average Bonchev–Trinajstić information content (AvgIpc) is 1.99. The highest BCUT2D eigenvalue weighted by Crippen LogP contribution is 2.38. The Kier molecular flexibility index (Phi) is 2.71. The average molecular weight is 227 g/mol. The molecule has 0 N–H and O–H groups in total. The third kappa shape index (κ3) is 2.43. The Morgan fingerprint density at radius 1 is 1.00 bits per heavy atom. The van der Waals surface area contributed by atoms with Crippen LogP contribution in [0.3, 0.4) is 0 Å². The number of halogens is 6. The van der Waals surface area contributed by atoms with Gasteiger partial charge in [-0.3, -0.25) is 0 Å². The molecule has 6 heteroatoms. The number of alkyl halides is 6. The molecule has 0 bridgehead atoms. The second-order valence-electron chi connectivity index (χ2n) is 2.89. The predicted molar refractivity (Wildman–Crippen MR) is 40.0 cm³/mol. The van der Waals surface area contributed by atoms with Crippen LogP contribution in [0.25, 0.3) is 0 Å². The van der Waals surface area contributed by atoms with Crippen molar-refractivity contribution >= 4 is 0 Å². The van der Waals surface area contributed by atoms with Gasteiger partial charge in [0.15, 0.2) is 0 Å². The van der Waals surface area contributed by atoms with Crippen molar-refractivity contribution in [3.8, 4) is 0 Å². The first kappa shape index (κ1) is 11.9. The van der Waals surface area contributed by atoms with Gasteiger partial charge in [0.05, 0.1) is 11.1 Å². The molecule has 0 aliphatic rings. The molecule has 0 amide bonds. The fraction of sp³-hybridized carbons (Fsp3) is 0.333. The first-order chi connectivity index (χ1) is 6.64. The van der Waals surface area contributed by atoms with E-state index in [0.717, 1.165) is 6.92 Å². The molecule has 83 valence electrons. The maximum Gasteiger partial charge on any atom is 0.417 e. The van der Waals surface area contributed by atoms with E-state index in [1.165, 1.54) is 0 Å². The van der Waals surface area contributed by atoms with E-state index in [9.17, 15) is 26.3 Å². The summed E-state index contributed by atoms with van der Waals surface area (Å²) in [5, 5.41) is 0. The molecule has 0 saturated heterocycles. The molecule has 1 aromatic carbocycles. The van der Waals surface area contributed by atoms with Gasteiger partial charge in [-0.25, -0.2) is 0 Å². The Morgan fingerprint density at radius 3 is 1.93 bits per heavy atom. The topological polar surface area (TPSA) is 0 Å². The minimum absolute atomic E-state index is 0.574. The Balaban J connectivity index is 3.37. The van der Waals surface area contributed by atoms with Crippen LogP contribution in [0.1, 0.15) is 16.7 Å².